The number of anilines is 1. The van der Waals surface area contributed by atoms with Crippen LogP contribution in [0.25, 0.3) is 0 Å². The zero-order valence-corrected chi connectivity index (χ0v) is 13.1. The van der Waals surface area contributed by atoms with Gasteiger partial charge in [0.15, 0.2) is 5.69 Å². The van der Waals surface area contributed by atoms with Gasteiger partial charge in [-0.3, -0.25) is 9.59 Å². The quantitative estimate of drug-likeness (QED) is 0.867. The van der Waals surface area contributed by atoms with E-state index in [0.717, 1.165) is 18.5 Å². The number of para-hydroxylation sites is 1. The van der Waals surface area contributed by atoms with Crippen LogP contribution in [0.4, 0.5) is 5.69 Å². The van der Waals surface area contributed by atoms with Crippen molar-refractivity contribution in [3.05, 3.63) is 47.9 Å². The minimum absolute atomic E-state index is 0.0592. The highest BCUT2D eigenvalue weighted by atomic mass is 16.5. The van der Waals surface area contributed by atoms with Crippen molar-refractivity contribution in [1.29, 1.82) is 0 Å². The number of aryl methyl sites for hydroxylation is 1. The zero-order valence-electron chi connectivity index (χ0n) is 13.1. The van der Waals surface area contributed by atoms with E-state index in [1.807, 2.05) is 37.3 Å². The third-order valence-corrected chi connectivity index (χ3v) is 3.85. The standard InChI is InChI=1S/C17H19N3O3/c1-2-6-14-11-15(18-23-14)17(22)19-9-10-20(16(21)12-19)13-7-4-3-5-8-13/h3-5,7-8,11H,2,6,9-10,12H2,1H3. The number of aromatic nitrogens is 1. The maximum atomic E-state index is 12.4. The molecule has 23 heavy (non-hydrogen) atoms. The molecule has 0 saturated carbocycles. The Morgan fingerprint density at radius 3 is 2.74 bits per heavy atom. The topological polar surface area (TPSA) is 66.7 Å². The molecule has 2 amide bonds. The largest absolute Gasteiger partial charge is 0.361 e. The van der Waals surface area contributed by atoms with Gasteiger partial charge in [0, 0.05) is 31.3 Å². The van der Waals surface area contributed by atoms with E-state index in [1.165, 1.54) is 4.90 Å². The van der Waals surface area contributed by atoms with Gasteiger partial charge in [0.1, 0.15) is 12.3 Å². The number of rotatable bonds is 4. The first-order chi connectivity index (χ1) is 11.2. The minimum atomic E-state index is -0.253. The summed E-state index contributed by atoms with van der Waals surface area (Å²) in [4.78, 5) is 28.0. The first-order valence-electron chi connectivity index (χ1n) is 7.79. The number of hydrogen-bond acceptors (Lipinski definition) is 4. The molecule has 2 heterocycles. The summed E-state index contributed by atoms with van der Waals surface area (Å²) in [6, 6.07) is 11.1. The van der Waals surface area contributed by atoms with E-state index in [-0.39, 0.29) is 24.1 Å². The van der Waals surface area contributed by atoms with Gasteiger partial charge in [-0.1, -0.05) is 30.3 Å². The Labute approximate surface area is 134 Å². The van der Waals surface area contributed by atoms with Crippen LogP contribution in [0, 0.1) is 0 Å². The molecule has 0 atom stereocenters. The first-order valence-corrected chi connectivity index (χ1v) is 7.79. The van der Waals surface area contributed by atoms with Gasteiger partial charge in [-0.25, -0.2) is 0 Å². The molecule has 1 saturated heterocycles. The molecule has 0 radical (unpaired) electrons. The molecule has 3 rings (SSSR count). The Hall–Kier alpha value is -2.63. The summed E-state index contributed by atoms with van der Waals surface area (Å²) in [6.07, 6.45) is 1.68. The lowest BCUT2D eigenvalue weighted by Crippen LogP contribution is -2.52. The van der Waals surface area contributed by atoms with Crippen molar-refractivity contribution >= 4 is 17.5 Å². The first kappa shape index (κ1) is 15.3. The van der Waals surface area contributed by atoms with Crippen LogP contribution in [0.3, 0.4) is 0 Å². The van der Waals surface area contributed by atoms with Crippen molar-refractivity contribution in [2.24, 2.45) is 0 Å². The molecule has 120 valence electrons. The van der Waals surface area contributed by atoms with Crippen LogP contribution in [-0.4, -0.2) is 41.5 Å². The van der Waals surface area contributed by atoms with Crippen LogP contribution in [0.1, 0.15) is 29.6 Å². The highest BCUT2D eigenvalue weighted by molar-refractivity contribution is 6.00. The summed E-state index contributed by atoms with van der Waals surface area (Å²) in [5.41, 5.74) is 1.13. The normalized spacial score (nSPS) is 15.1. The van der Waals surface area contributed by atoms with Crippen LogP contribution in [0.5, 0.6) is 0 Å². The molecular formula is C17H19N3O3. The molecule has 0 spiro atoms. The fourth-order valence-corrected chi connectivity index (χ4v) is 2.67. The fraction of sp³-hybridized carbons (Fsp3) is 0.353. The van der Waals surface area contributed by atoms with Gasteiger partial charge < -0.3 is 14.3 Å². The lowest BCUT2D eigenvalue weighted by atomic mass is 10.2. The van der Waals surface area contributed by atoms with Crippen molar-refractivity contribution in [2.75, 3.05) is 24.5 Å². The molecule has 0 bridgehead atoms. The summed E-state index contributed by atoms with van der Waals surface area (Å²) in [5.74, 6) is 0.357. The summed E-state index contributed by atoms with van der Waals surface area (Å²) >= 11 is 0. The Morgan fingerprint density at radius 2 is 2.04 bits per heavy atom. The summed E-state index contributed by atoms with van der Waals surface area (Å²) in [6.45, 7) is 3.05. The third-order valence-electron chi connectivity index (χ3n) is 3.85. The van der Waals surface area contributed by atoms with Crippen molar-refractivity contribution in [3.8, 4) is 0 Å². The second-order valence-electron chi connectivity index (χ2n) is 5.54. The van der Waals surface area contributed by atoms with Crippen molar-refractivity contribution in [3.63, 3.8) is 0 Å². The van der Waals surface area contributed by atoms with Gasteiger partial charge in [-0.2, -0.15) is 0 Å². The van der Waals surface area contributed by atoms with E-state index < -0.39 is 0 Å². The van der Waals surface area contributed by atoms with Crippen LogP contribution in [-0.2, 0) is 11.2 Å². The highest BCUT2D eigenvalue weighted by Crippen LogP contribution is 2.18. The van der Waals surface area contributed by atoms with E-state index in [9.17, 15) is 9.59 Å². The Bertz CT molecular complexity index is 696. The average Bonchev–Trinajstić information content (AvgIpc) is 3.04. The van der Waals surface area contributed by atoms with Crippen molar-refractivity contribution in [2.45, 2.75) is 19.8 Å². The molecule has 0 aliphatic carbocycles. The third kappa shape index (κ3) is 3.26. The lowest BCUT2D eigenvalue weighted by Gasteiger charge is -2.33. The molecule has 1 aliphatic rings. The molecule has 6 nitrogen and oxygen atoms in total. The van der Waals surface area contributed by atoms with Crippen LogP contribution >= 0.6 is 0 Å². The van der Waals surface area contributed by atoms with Gasteiger partial charge in [0.25, 0.3) is 5.91 Å². The van der Waals surface area contributed by atoms with Gasteiger partial charge in [0.05, 0.1) is 0 Å². The highest BCUT2D eigenvalue weighted by Gasteiger charge is 2.29. The maximum absolute atomic E-state index is 12.4. The molecular weight excluding hydrogens is 294 g/mol. The second-order valence-corrected chi connectivity index (χ2v) is 5.54. The predicted molar refractivity (Wildman–Crippen MR) is 85.2 cm³/mol. The number of carbonyl (C=O) groups is 2. The fourth-order valence-electron chi connectivity index (χ4n) is 2.67. The van der Waals surface area contributed by atoms with Crippen LogP contribution < -0.4 is 4.90 Å². The predicted octanol–water partition coefficient (Wildman–Crippen LogP) is 2.12. The van der Waals surface area contributed by atoms with E-state index in [1.54, 1.807) is 11.0 Å². The Morgan fingerprint density at radius 1 is 1.26 bits per heavy atom. The summed E-state index contributed by atoms with van der Waals surface area (Å²) < 4.78 is 5.14. The number of benzene rings is 1. The molecule has 0 unspecified atom stereocenters. The van der Waals surface area contributed by atoms with Crippen LogP contribution in [0.15, 0.2) is 40.9 Å². The zero-order chi connectivity index (χ0) is 16.2. The van der Waals surface area contributed by atoms with E-state index in [4.69, 9.17) is 4.52 Å². The molecule has 2 aromatic rings. The maximum Gasteiger partial charge on any atom is 0.276 e. The number of carbonyl (C=O) groups excluding carboxylic acids is 2. The smallest absolute Gasteiger partial charge is 0.276 e. The van der Waals surface area contributed by atoms with Gasteiger partial charge in [0.2, 0.25) is 5.91 Å². The molecule has 1 fully saturated rings. The summed E-state index contributed by atoms with van der Waals surface area (Å²) in [7, 11) is 0. The Kier molecular flexibility index (Phi) is 4.41. The Balaban J connectivity index is 1.67. The van der Waals surface area contributed by atoms with Crippen molar-refractivity contribution in [1.82, 2.24) is 10.1 Å². The van der Waals surface area contributed by atoms with Gasteiger partial charge >= 0.3 is 0 Å². The van der Waals surface area contributed by atoms with Crippen molar-refractivity contribution < 1.29 is 14.1 Å². The van der Waals surface area contributed by atoms with E-state index >= 15 is 0 Å². The molecule has 1 aromatic carbocycles. The SMILES string of the molecule is CCCc1cc(C(=O)N2CCN(c3ccccc3)C(=O)C2)no1. The number of amides is 2. The lowest BCUT2D eigenvalue weighted by molar-refractivity contribution is -0.120. The number of piperazine rings is 1. The molecule has 1 aromatic heterocycles. The molecule has 1 aliphatic heterocycles. The van der Waals surface area contributed by atoms with Crippen LogP contribution in [0.2, 0.25) is 0 Å². The van der Waals surface area contributed by atoms with E-state index in [2.05, 4.69) is 5.16 Å². The van der Waals surface area contributed by atoms with Gasteiger partial charge in [-0.15, -0.1) is 0 Å². The second kappa shape index (κ2) is 6.64. The average molecular weight is 313 g/mol. The number of hydrogen-bond donors (Lipinski definition) is 0. The number of nitrogens with zero attached hydrogens (tertiary/aromatic N) is 3. The summed E-state index contributed by atoms with van der Waals surface area (Å²) in [5, 5.41) is 3.82. The minimum Gasteiger partial charge on any atom is -0.361 e. The molecule has 6 heteroatoms. The molecule has 0 N–H and O–H groups in total. The van der Waals surface area contributed by atoms with E-state index in [0.29, 0.717) is 18.8 Å². The van der Waals surface area contributed by atoms with Gasteiger partial charge in [-0.05, 0) is 18.6 Å². The monoisotopic (exact) mass is 313 g/mol.